The maximum Gasteiger partial charge on any atom is 0.416 e. The molecule has 26 heavy (non-hydrogen) atoms. The third-order valence-electron chi connectivity index (χ3n) is 4.22. The summed E-state index contributed by atoms with van der Waals surface area (Å²) in [5.41, 5.74) is 1.59. The quantitative estimate of drug-likeness (QED) is 0.774. The van der Waals surface area contributed by atoms with Gasteiger partial charge >= 0.3 is 6.18 Å². The van der Waals surface area contributed by atoms with Crippen LogP contribution >= 0.6 is 0 Å². The molecule has 3 rings (SSSR count). The smallest absolute Gasteiger partial charge is 0.311 e. The third kappa shape index (κ3) is 3.54. The zero-order valence-electron chi connectivity index (χ0n) is 14.4. The van der Waals surface area contributed by atoms with Crippen LogP contribution in [-0.2, 0) is 13.2 Å². The Morgan fingerprint density at radius 3 is 2.35 bits per heavy atom. The van der Waals surface area contributed by atoms with Gasteiger partial charge in [-0.25, -0.2) is 4.98 Å². The second kappa shape index (κ2) is 6.44. The van der Waals surface area contributed by atoms with Crippen LogP contribution in [0.5, 0.6) is 0 Å². The minimum absolute atomic E-state index is 0.174. The summed E-state index contributed by atoms with van der Waals surface area (Å²) >= 11 is 0. The van der Waals surface area contributed by atoms with Gasteiger partial charge in [-0.15, -0.1) is 0 Å². The number of halogens is 3. The molecule has 0 unspecified atom stereocenters. The average Bonchev–Trinajstić information content (AvgIpc) is 2.94. The van der Waals surface area contributed by atoms with Gasteiger partial charge in [0.15, 0.2) is 0 Å². The van der Waals surface area contributed by atoms with E-state index in [1.54, 1.807) is 24.7 Å². The minimum Gasteiger partial charge on any atom is -0.311 e. The molecule has 3 aromatic rings. The second-order valence-corrected chi connectivity index (χ2v) is 6.14. The summed E-state index contributed by atoms with van der Waals surface area (Å²) in [5.74, 6) is 0.308. The van der Waals surface area contributed by atoms with Crippen molar-refractivity contribution in [3.05, 3.63) is 69.4 Å². The Morgan fingerprint density at radius 2 is 1.77 bits per heavy atom. The number of H-pyrrole nitrogens is 1. The van der Waals surface area contributed by atoms with Crippen molar-refractivity contribution in [2.75, 3.05) is 0 Å². The number of hydrogen-bond acceptors (Lipinski definition) is 3. The summed E-state index contributed by atoms with van der Waals surface area (Å²) in [5, 5.41) is 4.39. The number of benzene rings is 1. The summed E-state index contributed by atoms with van der Waals surface area (Å²) in [6.07, 6.45) is -4.36. The predicted molar refractivity (Wildman–Crippen MR) is 90.8 cm³/mol. The minimum atomic E-state index is -4.36. The first-order valence-electron chi connectivity index (χ1n) is 7.94. The highest BCUT2D eigenvalue weighted by Crippen LogP contribution is 2.32. The number of aromatic amines is 1. The monoisotopic (exact) mass is 362 g/mol. The fraction of sp³-hybridized carbons (Fsp3) is 0.278. The molecule has 0 spiro atoms. The maximum absolute atomic E-state index is 12.7. The van der Waals surface area contributed by atoms with Crippen molar-refractivity contribution in [2.45, 2.75) is 25.9 Å². The van der Waals surface area contributed by atoms with E-state index < -0.39 is 11.7 Å². The van der Waals surface area contributed by atoms with Crippen molar-refractivity contribution in [3.63, 3.8) is 0 Å². The Labute approximate surface area is 147 Å². The van der Waals surface area contributed by atoms with Crippen molar-refractivity contribution >= 4 is 0 Å². The number of hydrogen-bond donors (Lipinski definition) is 1. The fourth-order valence-corrected chi connectivity index (χ4v) is 2.85. The van der Waals surface area contributed by atoms with E-state index in [0.29, 0.717) is 17.2 Å². The van der Waals surface area contributed by atoms with E-state index >= 15 is 0 Å². The van der Waals surface area contributed by atoms with E-state index in [9.17, 15) is 18.0 Å². The molecule has 1 atom stereocenters. The molecule has 0 bridgehead atoms. The van der Waals surface area contributed by atoms with Gasteiger partial charge in [0, 0.05) is 24.7 Å². The van der Waals surface area contributed by atoms with Gasteiger partial charge in [-0.2, -0.15) is 18.3 Å². The van der Waals surface area contributed by atoms with Gasteiger partial charge in [0.1, 0.15) is 11.5 Å². The average molecular weight is 362 g/mol. The van der Waals surface area contributed by atoms with Gasteiger partial charge in [-0.05, 0) is 30.7 Å². The van der Waals surface area contributed by atoms with Gasteiger partial charge in [0.2, 0.25) is 0 Å². The lowest BCUT2D eigenvalue weighted by Gasteiger charge is -2.13. The second-order valence-electron chi connectivity index (χ2n) is 6.14. The SMILES string of the molecule is Cc1nc(-c2cc([C@H](C)c3ccc(C(F)(F)F)cc3)n(C)n2)cc(=O)[nH]1. The van der Waals surface area contributed by atoms with Gasteiger partial charge in [-0.3, -0.25) is 9.48 Å². The Morgan fingerprint density at radius 1 is 1.12 bits per heavy atom. The van der Waals surface area contributed by atoms with E-state index in [4.69, 9.17) is 0 Å². The molecule has 0 radical (unpaired) electrons. The van der Waals surface area contributed by atoms with Crippen LogP contribution < -0.4 is 5.56 Å². The van der Waals surface area contributed by atoms with E-state index in [1.807, 2.05) is 6.92 Å². The van der Waals surface area contributed by atoms with E-state index in [0.717, 1.165) is 23.4 Å². The topological polar surface area (TPSA) is 63.6 Å². The van der Waals surface area contributed by atoms with Crippen molar-refractivity contribution < 1.29 is 13.2 Å². The van der Waals surface area contributed by atoms with Crippen molar-refractivity contribution in [3.8, 4) is 11.4 Å². The molecule has 136 valence electrons. The van der Waals surface area contributed by atoms with Crippen LogP contribution in [0.3, 0.4) is 0 Å². The lowest BCUT2D eigenvalue weighted by atomic mass is 9.96. The Hall–Kier alpha value is -2.90. The third-order valence-corrected chi connectivity index (χ3v) is 4.22. The van der Waals surface area contributed by atoms with Gasteiger partial charge in [0.05, 0.1) is 11.3 Å². The first-order valence-corrected chi connectivity index (χ1v) is 7.94. The summed E-state index contributed by atoms with van der Waals surface area (Å²) in [6.45, 7) is 3.57. The van der Waals surface area contributed by atoms with Crippen LogP contribution in [0.4, 0.5) is 13.2 Å². The number of aromatic nitrogens is 4. The Kier molecular flexibility index (Phi) is 4.43. The molecule has 0 amide bonds. The standard InChI is InChI=1S/C18H17F3N4O/c1-10(12-4-6-13(7-5-12)18(19,20)21)16-8-15(24-25(16)3)14-9-17(26)23-11(2)22-14/h4-10H,1-3H3,(H,22,23,26)/t10-/m1/s1. The Balaban J connectivity index is 1.94. The molecule has 0 aliphatic carbocycles. The molecule has 1 aromatic carbocycles. The summed E-state index contributed by atoms with van der Waals surface area (Å²) in [6, 6.07) is 8.24. The lowest BCUT2D eigenvalue weighted by Crippen LogP contribution is -2.08. The number of nitrogens with one attached hydrogen (secondary N) is 1. The highest BCUT2D eigenvalue weighted by atomic mass is 19.4. The van der Waals surface area contributed by atoms with Crippen LogP contribution in [0.1, 0.15) is 35.5 Å². The molecular formula is C18H17F3N4O. The van der Waals surface area contributed by atoms with Crippen LogP contribution in [0.15, 0.2) is 41.2 Å². The first kappa shape index (κ1) is 17.9. The summed E-state index contributed by atoms with van der Waals surface area (Å²) in [4.78, 5) is 18.5. The summed E-state index contributed by atoms with van der Waals surface area (Å²) in [7, 11) is 1.75. The van der Waals surface area contributed by atoms with E-state index in [2.05, 4.69) is 15.1 Å². The number of aryl methyl sites for hydroxylation is 2. The predicted octanol–water partition coefficient (Wildman–Crippen LogP) is 3.65. The number of nitrogens with zero attached hydrogens (tertiary/aromatic N) is 3. The van der Waals surface area contributed by atoms with Crippen molar-refractivity contribution in [2.24, 2.45) is 7.05 Å². The maximum atomic E-state index is 12.7. The number of rotatable bonds is 3. The zero-order valence-corrected chi connectivity index (χ0v) is 14.4. The normalized spacial score (nSPS) is 13.0. The molecule has 8 heteroatoms. The number of alkyl halides is 3. The molecular weight excluding hydrogens is 345 g/mol. The van der Waals surface area contributed by atoms with Gasteiger partial charge in [-0.1, -0.05) is 19.1 Å². The van der Waals surface area contributed by atoms with Crippen molar-refractivity contribution in [1.29, 1.82) is 0 Å². The molecule has 0 aliphatic heterocycles. The largest absolute Gasteiger partial charge is 0.416 e. The molecule has 0 saturated heterocycles. The fourth-order valence-electron chi connectivity index (χ4n) is 2.85. The highest BCUT2D eigenvalue weighted by molar-refractivity contribution is 5.54. The van der Waals surface area contributed by atoms with E-state index in [-0.39, 0.29) is 11.5 Å². The molecule has 1 N–H and O–H groups in total. The van der Waals surface area contributed by atoms with Crippen molar-refractivity contribution in [1.82, 2.24) is 19.7 Å². The van der Waals surface area contributed by atoms with E-state index in [1.165, 1.54) is 18.2 Å². The van der Waals surface area contributed by atoms with Crippen LogP contribution in [0.2, 0.25) is 0 Å². The Bertz CT molecular complexity index is 987. The van der Waals surface area contributed by atoms with Gasteiger partial charge < -0.3 is 4.98 Å². The van der Waals surface area contributed by atoms with Crippen LogP contribution in [0.25, 0.3) is 11.4 Å². The van der Waals surface area contributed by atoms with Crippen LogP contribution in [0, 0.1) is 6.92 Å². The molecule has 2 heterocycles. The zero-order chi connectivity index (χ0) is 19.1. The molecule has 0 fully saturated rings. The molecule has 2 aromatic heterocycles. The lowest BCUT2D eigenvalue weighted by molar-refractivity contribution is -0.137. The van der Waals surface area contributed by atoms with Crippen LogP contribution in [-0.4, -0.2) is 19.7 Å². The molecule has 5 nitrogen and oxygen atoms in total. The highest BCUT2D eigenvalue weighted by Gasteiger charge is 2.30. The first-order chi connectivity index (χ1) is 12.1. The molecule has 0 saturated carbocycles. The molecule has 0 aliphatic rings. The van der Waals surface area contributed by atoms with Gasteiger partial charge in [0.25, 0.3) is 5.56 Å². The summed E-state index contributed by atoms with van der Waals surface area (Å²) < 4.78 is 39.8.